The van der Waals surface area contributed by atoms with Gasteiger partial charge in [0.1, 0.15) is 12.4 Å². The van der Waals surface area contributed by atoms with Gasteiger partial charge < -0.3 is 5.32 Å². The molecule has 152 valence electrons. The molecule has 1 aliphatic heterocycles. The Balaban J connectivity index is 1.61. The van der Waals surface area contributed by atoms with E-state index in [4.69, 9.17) is 0 Å². The number of benzene rings is 1. The van der Waals surface area contributed by atoms with Crippen molar-refractivity contribution in [1.29, 1.82) is 0 Å². The Hall–Kier alpha value is -2.56. The van der Waals surface area contributed by atoms with E-state index in [1.807, 2.05) is 13.0 Å². The first-order chi connectivity index (χ1) is 13.9. The average Bonchev–Trinajstić information content (AvgIpc) is 3.32. The molecule has 0 saturated carbocycles. The van der Waals surface area contributed by atoms with Crippen LogP contribution in [0.25, 0.3) is 10.2 Å². The summed E-state index contributed by atoms with van der Waals surface area (Å²) in [7, 11) is -3.56. The smallest absolute Gasteiger partial charge is 0.308 e. The Bertz CT molecular complexity index is 1240. The van der Waals surface area contributed by atoms with Crippen molar-refractivity contribution in [3.63, 3.8) is 0 Å². The van der Waals surface area contributed by atoms with E-state index in [1.54, 1.807) is 18.3 Å². The first-order valence-electron chi connectivity index (χ1n) is 9.21. The van der Waals surface area contributed by atoms with Crippen molar-refractivity contribution in [1.82, 2.24) is 13.9 Å². The second kappa shape index (κ2) is 7.69. The van der Waals surface area contributed by atoms with Gasteiger partial charge in [-0.3, -0.25) is 14.2 Å². The predicted octanol–water partition coefficient (Wildman–Crippen LogP) is 2.19. The zero-order chi connectivity index (χ0) is 20.6. The fourth-order valence-corrected chi connectivity index (χ4v) is 5.91. The van der Waals surface area contributed by atoms with Gasteiger partial charge in [0.15, 0.2) is 0 Å². The lowest BCUT2D eigenvalue weighted by Crippen LogP contribution is -2.27. The molecular formula is C19H20N4O4S2. The van der Waals surface area contributed by atoms with Gasteiger partial charge in [-0.2, -0.15) is 4.31 Å². The Kier molecular flexibility index (Phi) is 5.24. The summed E-state index contributed by atoms with van der Waals surface area (Å²) in [6, 6.07) is 8.22. The van der Waals surface area contributed by atoms with Gasteiger partial charge in [-0.05, 0) is 49.6 Å². The van der Waals surface area contributed by atoms with Crippen LogP contribution >= 0.6 is 11.3 Å². The molecule has 29 heavy (non-hydrogen) atoms. The maximum atomic E-state index is 12.8. The predicted molar refractivity (Wildman–Crippen MR) is 112 cm³/mol. The number of sulfonamides is 1. The highest BCUT2D eigenvalue weighted by molar-refractivity contribution is 7.89. The van der Waals surface area contributed by atoms with Crippen LogP contribution in [-0.2, 0) is 21.4 Å². The number of anilines is 1. The van der Waals surface area contributed by atoms with Crippen LogP contribution in [0.15, 0.2) is 46.2 Å². The number of amides is 1. The van der Waals surface area contributed by atoms with Gasteiger partial charge in [-0.25, -0.2) is 13.4 Å². The summed E-state index contributed by atoms with van der Waals surface area (Å²) in [5.41, 5.74) is 1.35. The molecule has 10 heteroatoms. The number of hydrogen-bond donors (Lipinski definition) is 1. The molecule has 0 aliphatic carbocycles. The molecule has 1 aromatic carbocycles. The quantitative estimate of drug-likeness (QED) is 0.666. The molecule has 1 amide bonds. The van der Waals surface area contributed by atoms with Crippen LogP contribution in [0.5, 0.6) is 0 Å². The van der Waals surface area contributed by atoms with Crippen LogP contribution < -0.4 is 10.2 Å². The molecular weight excluding hydrogens is 412 g/mol. The number of rotatable bonds is 5. The molecule has 1 aliphatic rings. The maximum absolute atomic E-state index is 12.8. The Morgan fingerprint density at radius 2 is 2.00 bits per heavy atom. The standard InChI is InChI=1S/C19H20N4O4S2/c1-13-5-4-8-20-18(13)21-17(24)12-23-15-7-6-14(11-16(15)28-19(23)25)29(26,27)22-9-2-3-10-22/h4-8,11H,2-3,9-10,12H2,1H3,(H,20,21,24). The van der Waals surface area contributed by atoms with Crippen molar-refractivity contribution < 1.29 is 13.2 Å². The van der Waals surface area contributed by atoms with Crippen molar-refractivity contribution in [2.24, 2.45) is 0 Å². The number of carbonyl (C=O) groups excluding carboxylic acids is 1. The Morgan fingerprint density at radius 3 is 2.72 bits per heavy atom. The fraction of sp³-hybridized carbons (Fsp3) is 0.316. The van der Waals surface area contributed by atoms with Crippen molar-refractivity contribution in [2.45, 2.75) is 31.2 Å². The van der Waals surface area contributed by atoms with E-state index in [2.05, 4.69) is 10.3 Å². The molecule has 0 unspecified atom stereocenters. The lowest BCUT2D eigenvalue weighted by atomic mass is 10.3. The minimum Gasteiger partial charge on any atom is -0.309 e. The third-order valence-electron chi connectivity index (χ3n) is 4.91. The van der Waals surface area contributed by atoms with E-state index in [9.17, 15) is 18.0 Å². The average molecular weight is 433 g/mol. The molecule has 2 aromatic heterocycles. The topological polar surface area (TPSA) is 101 Å². The van der Waals surface area contributed by atoms with E-state index >= 15 is 0 Å². The number of pyridine rings is 1. The van der Waals surface area contributed by atoms with E-state index in [0.29, 0.717) is 29.1 Å². The van der Waals surface area contributed by atoms with Crippen LogP contribution in [0.2, 0.25) is 0 Å². The first kappa shape index (κ1) is 19.7. The number of aryl methyl sites for hydroxylation is 1. The summed E-state index contributed by atoms with van der Waals surface area (Å²) < 4.78 is 28.9. The van der Waals surface area contributed by atoms with E-state index < -0.39 is 10.0 Å². The number of fused-ring (bicyclic) bond motifs is 1. The number of carbonyl (C=O) groups is 1. The van der Waals surface area contributed by atoms with Crippen LogP contribution in [0.4, 0.5) is 5.82 Å². The summed E-state index contributed by atoms with van der Waals surface area (Å²) in [4.78, 5) is 28.8. The lowest BCUT2D eigenvalue weighted by molar-refractivity contribution is -0.116. The molecule has 0 atom stereocenters. The van der Waals surface area contributed by atoms with Gasteiger partial charge in [0, 0.05) is 19.3 Å². The number of nitrogens with one attached hydrogen (secondary N) is 1. The zero-order valence-electron chi connectivity index (χ0n) is 15.8. The van der Waals surface area contributed by atoms with E-state index in [-0.39, 0.29) is 22.2 Å². The highest BCUT2D eigenvalue weighted by Gasteiger charge is 2.27. The third-order valence-corrected chi connectivity index (χ3v) is 7.75. The van der Waals surface area contributed by atoms with Gasteiger partial charge in [0.05, 0.1) is 15.1 Å². The second-order valence-electron chi connectivity index (χ2n) is 6.91. The van der Waals surface area contributed by atoms with Crippen molar-refractivity contribution in [2.75, 3.05) is 18.4 Å². The van der Waals surface area contributed by atoms with Gasteiger partial charge in [0.25, 0.3) is 0 Å². The van der Waals surface area contributed by atoms with E-state index in [1.165, 1.54) is 21.0 Å². The zero-order valence-corrected chi connectivity index (χ0v) is 17.4. The Morgan fingerprint density at radius 1 is 1.24 bits per heavy atom. The number of hydrogen-bond acceptors (Lipinski definition) is 6. The molecule has 0 radical (unpaired) electrons. The molecule has 0 bridgehead atoms. The van der Waals surface area contributed by atoms with Crippen molar-refractivity contribution in [3.05, 3.63) is 51.8 Å². The fourth-order valence-electron chi connectivity index (χ4n) is 3.37. The summed E-state index contributed by atoms with van der Waals surface area (Å²) in [5.74, 6) is 0.0754. The van der Waals surface area contributed by atoms with Crippen LogP contribution in [0, 0.1) is 6.92 Å². The molecule has 3 heterocycles. The second-order valence-corrected chi connectivity index (χ2v) is 9.84. The summed E-state index contributed by atoms with van der Waals surface area (Å²) in [6.07, 6.45) is 3.29. The molecule has 1 N–H and O–H groups in total. The molecule has 1 saturated heterocycles. The number of nitrogens with zero attached hydrogens (tertiary/aromatic N) is 3. The lowest BCUT2D eigenvalue weighted by Gasteiger charge is -2.15. The molecule has 1 fully saturated rings. The molecule has 8 nitrogen and oxygen atoms in total. The van der Waals surface area contributed by atoms with Crippen LogP contribution in [0.1, 0.15) is 18.4 Å². The highest BCUT2D eigenvalue weighted by Crippen LogP contribution is 2.26. The van der Waals surface area contributed by atoms with Gasteiger partial charge in [0.2, 0.25) is 15.9 Å². The number of aromatic nitrogens is 2. The molecule has 3 aromatic rings. The SMILES string of the molecule is Cc1cccnc1NC(=O)Cn1c(=O)sc2cc(S(=O)(=O)N3CCCC3)ccc21. The summed E-state index contributed by atoms with van der Waals surface area (Å²) >= 11 is 0.932. The van der Waals surface area contributed by atoms with Gasteiger partial charge in [-0.15, -0.1) is 0 Å². The normalized spacial score (nSPS) is 15.1. The first-order valence-corrected chi connectivity index (χ1v) is 11.5. The molecule has 0 spiro atoms. The maximum Gasteiger partial charge on any atom is 0.308 e. The van der Waals surface area contributed by atoms with Crippen molar-refractivity contribution >= 4 is 43.3 Å². The van der Waals surface area contributed by atoms with Crippen LogP contribution in [-0.4, -0.2) is 41.3 Å². The van der Waals surface area contributed by atoms with E-state index in [0.717, 1.165) is 29.7 Å². The third kappa shape index (κ3) is 3.83. The monoisotopic (exact) mass is 432 g/mol. The summed E-state index contributed by atoms with van der Waals surface area (Å²) in [6.45, 7) is 2.69. The molecule has 4 rings (SSSR count). The summed E-state index contributed by atoms with van der Waals surface area (Å²) in [5, 5.41) is 2.71. The number of thiazole rings is 1. The van der Waals surface area contributed by atoms with Crippen LogP contribution in [0.3, 0.4) is 0 Å². The van der Waals surface area contributed by atoms with Crippen molar-refractivity contribution in [3.8, 4) is 0 Å². The van der Waals surface area contributed by atoms with Gasteiger partial charge in [-0.1, -0.05) is 17.4 Å². The largest absolute Gasteiger partial charge is 0.309 e. The Labute approximate surface area is 171 Å². The highest BCUT2D eigenvalue weighted by atomic mass is 32.2. The minimum absolute atomic E-state index is 0.174. The minimum atomic E-state index is -3.56. The van der Waals surface area contributed by atoms with Gasteiger partial charge >= 0.3 is 4.87 Å².